The first kappa shape index (κ1) is 17.2. The summed E-state index contributed by atoms with van der Waals surface area (Å²) in [5.41, 5.74) is 0. The minimum absolute atomic E-state index is 0.241. The van der Waals surface area contributed by atoms with Crippen molar-refractivity contribution in [3.8, 4) is 0 Å². The standard InChI is InChI=1S/C13H27NO4/c1-5-6-7-16-12(4)17-8-9-18-13(15)14-10-11(2)3/h11-12H,5-10H2,1-4H3,(H,14,15). The molecule has 0 fully saturated rings. The van der Waals surface area contributed by atoms with Crippen LogP contribution >= 0.6 is 0 Å². The number of ether oxygens (including phenoxy) is 3. The number of hydrogen-bond donors (Lipinski definition) is 1. The first-order chi connectivity index (χ1) is 8.56. The molecule has 0 bridgehead atoms. The summed E-state index contributed by atoms with van der Waals surface area (Å²) >= 11 is 0. The van der Waals surface area contributed by atoms with Gasteiger partial charge in [-0.1, -0.05) is 27.2 Å². The molecule has 0 aliphatic carbocycles. The first-order valence-corrected chi connectivity index (χ1v) is 6.70. The van der Waals surface area contributed by atoms with Crippen LogP contribution in [-0.4, -0.2) is 38.7 Å². The number of rotatable bonds is 10. The summed E-state index contributed by atoms with van der Waals surface area (Å²) in [6.45, 7) is 9.92. The molecule has 0 rings (SSSR count). The monoisotopic (exact) mass is 261 g/mol. The molecule has 18 heavy (non-hydrogen) atoms. The van der Waals surface area contributed by atoms with Crippen molar-refractivity contribution in [2.75, 3.05) is 26.4 Å². The Bertz CT molecular complexity index is 209. The summed E-state index contributed by atoms with van der Waals surface area (Å²) in [5, 5.41) is 2.66. The van der Waals surface area contributed by atoms with Crippen LogP contribution < -0.4 is 5.32 Å². The summed E-state index contributed by atoms with van der Waals surface area (Å²) in [7, 11) is 0. The molecule has 0 aromatic rings. The topological polar surface area (TPSA) is 56.8 Å². The molecule has 0 aromatic heterocycles. The molecule has 5 nitrogen and oxygen atoms in total. The third kappa shape index (κ3) is 11.7. The van der Waals surface area contributed by atoms with Gasteiger partial charge in [0.25, 0.3) is 0 Å². The van der Waals surface area contributed by atoms with E-state index in [2.05, 4.69) is 12.2 Å². The highest BCUT2D eigenvalue weighted by Gasteiger charge is 2.04. The van der Waals surface area contributed by atoms with Crippen molar-refractivity contribution in [3.63, 3.8) is 0 Å². The molecular formula is C13H27NO4. The maximum Gasteiger partial charge on any atom is 0.407 e. The van der Waals surface area contributed by atoms with Crippen LogP contribution in [0.3, 0.4) is 0 Å². The number of hydrogen-bond acceptors (Lipinski definition) is 4. The van der Waals surface area contributed by atoms with Crippen molar-refractivity contribution >= 4 is 6.09 Å². The summed E-state index contributed by atoms with van der Waals surface area (Å²) in [5.74, 6) is 0.417. The van der Waals surface area contributed by atoms with Crippen molar-refractivity contribution < 1.29 is 19.0 Å². The van der Waals surface area contributed by atoms with Crippen LogP contribution in [0.25, 0.3) is 0 Å². The third-order valence-corrected chi connectivity index (χ3v) is 2.17. The van der Waals surface area contributed by atoms with Gasteiger partial charge in [0.15, 0.2) is 6.29 Å². The van der Waals surface area contributed by atoms with Crippen LogP contribution in [0.2, 0.25) is 0 Å². The first-order valence-electron chi connectivity index (χ1n) is 6.70. The molecule has 0 aliphatic heterocycles. The van der Waals surface area contributed by atoms with Crippen LogP contribution in [0.15, 0.2) is 0 Å². The van der Waals surface area contributed by atoms with Crippen LogP contribution in [0.5, 0.6) is 0 Å². The van der Waals surface area contributed by atoms with Crippen molar-refractivity contribution in [2.45, 2.75) is 46.8 Å². The second-order valence-electron chi connectivity index (χ2n) is 4.57. The molecule has 1 N–H and O–H groups in total. The Balaban J connectivity index is 3.35. The molecule has 0 radical (unpaired) electrons. The second kappa shape index (κ2) is 11.3. The molecule has 1 amide bonds. The van der Waals surface area contributed by atoms with Gasteiger partial charge in [-0.05, 0) is 19.3 Å². The summed E-state index contributed by atoms with van der Waals surface area (Å²) < 4.78 is 15.7. The van der Waals surface area contributed by atoms with Crippen LogP contribution in [0.1, 0.15) is 40.5 Å². The van der Waals surface area contributed by atoms with E-state index in [1.807, 2.05) is 20.8 Å². The number of nitrogens with one attached hydrogen (secondary N) is 1. The highest BCUT2D eigenvalue weighted by molar-refractivity contribution is 5.67. The smallest absolute Gasteiger partial charge is 0.407 e. The van der Waals surface area contributed by atoms with Gasteiger partial charge in [-0.3, -0.25) is 0 Å². The van der Waals surface area contributed by atoms with E-state index >= 15 is 0 Å². The van der Waals surface area contributed by atoms with Crippen molar-refractivity contribution in [1.29, 1.82) is 0 Å². The molecule has 108 valence electrons. The maximum absolute atomic E-state index is 11.2. The van der Waals surface area contributed by atoms with E-state index in [4.69, 9.17) is 14.2 Å². The van der Waals surface area contributed by atoms with Gasteiger partial charge < -0.3 is 19.5 Å². The van der Waals surface area contributed by atoms with E-state index in [1.54, 1.807) is 0 Å². The molecule has 0 aliphatic rings. The number of unbranched alkanes of at least 4 members (excludes halogenated alkanes) is 1. The van der Waals surface area contributed by atoms with Gasteiger partial charge >= 0.3 is 6.09 Å². The average molecular weight is 261 g/mol. The van der Waals surface area contributed by atoms with E-state index in [-0.39, 0.29) is 12.9 Å². The Morgan fingerprint density at radius 3 is 2.39 bits per heavy atom. The summed E-state index contributed by atoms with van der Waals surface area (Å²) in [4.78, 5) is 11.2. The van der Waals surface area contributed by atoms with Gasteiger partial charge in [-0.25, -0.2) is 4.79 Å². The number of carbonyl (C=O) groups excluding carboxylic acids is 1. The third-order valence-electron chi connectivity index (χ3n) is 2.17. The zero-order chi connectivity index (χ0) is 13.8. The van der Waals surface area contributed by atoms with E-state index in [0.717, 1.165) is 12.8 Å². The predicted molar refractivity (Wildman–Crippen MR) is 70.5 cm³/mol. The molecular weight excluding hydrogens is 234 g/mol. The summed E-state index contributed by atoms with van der Waals surface area (Å²) in [6.07, 6.45) is 1.49. The highest BCUT2D eigenvalue weighted by Crippen LogP contribution is 1.97. The van der Waals surface area contributed by atoms with Crippen molar-refractivity contribution in [2.24, 2.45) is 5.92 Å². The second-order valence-corrected chi connectivity index (χ2v) is 4.57. The van der Waals surface area contributed by atoms with E-state index in [0.29, 0.717) is 25.7 Å². The number of amides is 1. The predicted octanol–water partition coefficient (Wildman–Crippen LogP) is 2.55. The Labute approximate surface area is 110 Å². The van der Waals surface area contributed by atoms with E-state index in [9.17, 15) is 4.79 Å². The average Bonchev–Trinajstić information content (AvgIpc) is 2.32. The fourth-order valence-corrected chi connectivity index (χ4v) is 1.13. The summed E-state index contributed by atoms with van der Waals surface area (Å²) in [6, 6.07) is 0. The van der Waals surface area contributed by atoms with Gasteiger partial charge in [0.1, 0.15) is 6.61 Å². The van der Waals surface area contributed by atoms with Gasteiger partial charge in [-0.2, -0.15) is 0 Å². The fourth-order valence-electron chi connectivity index (χ4n) is 1.13. The van der Waals surface area contributed by atoms with Gasteiger partial charge in [0.2, 0.25) is 0 Å². The number of carbonyl (C=O) groups is 1. The van der Waals surface area contributed by atoms with Crippen LogP contribution in [-0.2, 0) is 14.2 Å². The Morgan fingerprint density at radius 2 is 1.78 bits per heavy atom. The van der Waals surface area contributed by atoms with Gasteiger partial charge in [0, 0.05) is 13.2 Å². The molecule has 1 atom stereocenters. The largest absolute Gasteiger partial charge is 0.447 e. The Kier molecular flexibility index (Phi) is 10.8. The Morgan fingerprint density at radius 1 is 1.11 bits per heavy atom. The maximum atomic E-state index is 11.2. The molecule has 0 spiro atoms. The molecule has 0 aromatic carbocycles. The van der Waals surface area contributed by atoms with Crippen LogP contribution in [0.4, 0.5) is 4.79 Å². The van der Waals surface area contributed by atoms with Gasteiger partial charge in [0.05, 0.1) is 6.61 Å². The lowest BCUT2D eigenvalue weighted by molar-refractivity contribution is -0.136. The molecule has 0 saturated heterocycles. The molecule has 1 unspecified atom stereocenters. The van der Waals surface area contributed by atoms with E-state index < -0.39 is 6.09 Å². The molecule has 0 saturated carbocycles. The van der Waals surface area contributed by atoms with Crippen molar-refractivity contribution in [1.82, 2.24) is 5.32 Å². The normalized spacial score (nSPS) is 12.5. The zero-order valence-electron chi connectivity index (χ0n) is 12.0. The highest BCUT2D eigenvalue weighted by atomic mass is 16.7. The lowest BCUT2D eigenvalue weighted by atomic mass is 10.2. The minimum atomic E-state index is -0.396. The van der Waals surface area contributed by atoms with Crippen LogP contribution in [0, 0.1) is 5.92 Å². The molecule has 0 heterocycles. The molecule has 5 heteroatoms. The fraction of sp³-hybridized carbons (Fsp3) is 0.923. The van der Waals surface area contributed by atoms with Gasteiger partial charge in [-0.15, -0.1) is 0 Å². The Hall–Kier alpha value is -0.810. The SMILES string of the molecule is CCCCOC(C)OCCOC(=O)NCC(C)C. The number of alkyl carbamates (subject to hydrolysis) is 1. The lowest BCUT2D eigenvalue weighted by Crippen LogP contribution is -2.29. The zero-order valence-corrected chi connectivity index (χ0v) is 12.0. The minimum Gasteiger partial charge on any atom is -0.447 e. The quantitative estimate of drug-likeness (QED) is 0.485. The lowest BCUT2D eigenvalue weighted by Gasteiger charge is -2.14. The van der Waals surface area contributed by atoms with E-state index in [1.165, 1.54) is 0 Å². The van der Waals surface area contributed by atoms with Crippen molar-refractivity contribution in [3.05, 3.63) is 0 Å².